The van der Waals surface area contributed by atoms with Gasteiger partial charge in [-0.25, -0.2) is 17.4 Å². The van der Waals surface area contributed by atoms with Crippen LogP contribution in [-0.4, -0.2) is 36.5 Å². The lowest BCUT2D eigenvalue weighted by Crippen LogP contribution is -2.49. The van der Waals surface area contributed by atoms with E-state index in [1.54, 1.807) is 36.4 Å². The molecule has 1 aliphatic rings. The first-order valence-corrected chi connectivity index (χ1v) is 10.1. The van der Waals surface area contributed by atoms with Crippen LogP contribution < -0.4 is 10.6 Å². The molecular weight excluding hydrogens is 362 g/mol. The van der Waals surface area contributed by atoms with Crippen molar-refractivity contribution in [2.24, 2.45) is 5.73 Å². The maximum Gasteiger partial charge on any atom is 0.269 e. The van der Waals surface area contributed by atoms with Crippen LogP contribution in [0, 0.1) is 11.3 Å². The highest BCUT2D eigenvalue weighted by Crippen LogP contribution is 2.35. The second kappa shape index (κ2) is 6.37. The zero-order valence-corrected chi connectivity index (χ0v) is 15.6. The molecule has 2 N–H and O–H groups in total. The Kier molecular flexibility index (Phi) is 4.13. The molecule has 1 aromatic carbocycles. The van der Waals surface area contributed by atoms with E-state index in [2.05, 4.69) is 11.1 Å². The number of aromatic nitrogens is 2. The van der Waals surface area contributed by atoms with Crippen molar-refractivity contribution in [3.8, 4) is 6.07 Å². The Hall–Kier alpha value is -2.89. The molecule has 0 amide bonds. The van der Waals surface area contributed by atoms with Gasteiger partial charge in [0.05, 0.1) is 16.1 Å². The van der Waals surface area contributed by atoms with Crippen LogP contribution in [0.1, 0.15) is 18.4 Å². The largest absolute Gasteiger partial charge is 0.370 e. The number of pyridine rings is 1. The third-order valence-electron chi connectivity index (χ3n) is 5.12. The molecule has 0 radical (unpaired) electrons. The Morgan fingerprint density at radius 3 is 2.59 bits per heavy atom. The quantitative estimate of drug-likeness (QED) is 0.742. The molecule has 7 nitrogen and oxygen atoms in total. The molecule has 0 aliphatic heterocycles. The smallest absolute Gasteiger partial charge is 0.269 e. The monoisotopic (exact) mass is 381 g/mol. The molecule has 4 rings (SSSR count). The van der Waals surface area contributed by atoms with Crippen LogP contribution in [0.4, 0.5) is 5.69 Å². The molecule has 27 heavy (non-hydrogen) atoms. The minimum absolute atomic E-state index is 0.170. The number of hydrogen-bond donors (Lipinski definition) is 1. The molecule has 1 aliphatic carbocycles. The van der Waals surface area contributed by atoms with Gasteiger partial charge in [-0.2, -0.15) is 5.26 Å². The van der Waals surface area contributed by atoms with Gasteiger partial charge in [-0.15, -0.1) is 0 Å². The average molecular weight is 381 g/mol. The molecule has 0 saturated heterocycles. The maximum atomic E-state index is 13.0. The number of anilines is 1. The molecule has 2 heterocycles. The highest BCUT2D eigenvalue weighted by molar-refractivity contribution is 7.90. The van der Waals surface area contributed by atoms with E-state index >= 15 is 0 Å². The van der Waals surface area contributed by atoms with Crippen LogP contribution in [0.3, 0.4) is 0 Å². The van der Waals surface area contributed by atoms with Crippen LogP contribution >= 0.6 is 0 Å². The predicted octanol–water partition coefficient (Wildman–Crippen LogP) is 2.07. The lowest BCUT2D eigenvalue weighted by Gasteiger charge is -2.41. The second-order valence-electron chi connectivity index (χ2n) is 6.80. The van der Waals surface area contributed by atoms with E-state index in [0.717, 1.165) is 12.8 Å². The van der Waals surface area contributed by atoms with Crippen molar-refractivity contribution in [1.82, 2.24) is 8.96 Å². The summed E-state index contributed by atoms with van der Waals surface area (Å²) >= 11 is 0. The third kappa shape index (κ3) is 2.76. The van der Waals surface area contributed by atoms with Crippen LogP contribution in [-0.2, 0) is 10.0 Å². The Morgan fingerprint density at radius 1 is 1.26 bits per heavy atom. The number of nitrogens with two attached hydrogens (primary N) is 1. The molecule has 1 saturated carbocycles. The van der Waals surface area contributed by atoms with Gasteiger partial charge < -0.3 is 10.6 Å². The van der Waals surface area contributed by atoms with Crippen LogP contribution in [0.2, 0.25) is 0 Å². The second-order valence-corrected chi connectivity index (χ2v) is 8.61. The Balaban J connectivity index is 1.88. The number of nitrogens with zero attached hydrogens (tertiary/aromatic N) is 4. The molecule has 0 unspecified atom stereocenters. The number of nitriles is 1. The molecule has 0 spiro atoms. The van der Waals surface area contributed by atoms with Gasteiger partial charge in [-0.05, 0) is 31.0 Å². The lowest BCUT2D eigenvalue weighted by molar-refractivity contribution is 0.340. The molecule has 3 aromatic rings. The molecule has 8 heteroatoms. The molecule has 0 bridgehead atoms. The maximum absolute atomic E-state index is 13.0. The molecule has 2 aromatic heterocycles. The molecule has 138 valence electrons. The first kappa shape index (κ1) is 17.5. The summed E-state index contributed by atoms with van der Waals surface area (Å²) in [5, 5.41) is 10.2. The fourth-order valence-electron chi connectivity index (χ4n) is 3.54. The van der Waals surface area contributed by atoms with Crippen molar-refractivity contribution in [2.45, 2.75) is 29.8 Å². The molecule has 1 fully saturated rings. The van der Waals surface area contributed by atoms with E-state index in [9.17, 15) is 13.7 Å². The van der Waals surface area contributed by atoms with Gasteiger partial charge in [0.2, 0.25) is 0 Å². The van der Waals surface area contributed by atoms with E-state index in [4.69, 9.17) is 5.73 Å². The number of benzene rings is 1. The predicted molar refractivity (Wildman–Crippen MR) is 103 cm³/mol. The fourth-order valence-corrected chi connectivity index (χ4v) is 4.86. The molecular formula is C19H19N5O2S. The normalized spacial score (nSPS) is 19.4. The average Bonchev–Trinajstić information content (AvgIpc) is 3.09. The van der Waals surface area contributed by atoms with Crippen molar-refractivity contribution < 1.29 is 8.42 Å². The van der Waals surface area contributed by atoms with Gasteiger partial charge in [-0.1, -0.05) is 18.2 Å². The van der Waals surface area contributed by atoms with Gasteiger partial charge in [0.1, 0.15) is 6.07 Å². The Labute approximate surface area is 157 Å². The van der Waals surface area contributed by atoms with E-state index in [0.29, 0.717) is 22.3 Å². The fraction of sp³-hybridized carbons (Fsp3) is 0.263. The van der Waals surface area contributed by atoms with E-state index < -0.39 is 10.0 Å². The summed E-state index contributed by atoms with van der Waals surface area (Å²) in [6.45, 7) is 0. The van der Waals surface area contributed by atoms with Crippen molar-refractivity contribution in [3.05, 3.63) is 54.4 Å². The lowest BCUT2D eigenvalue weighted by atomic mass is 9.86. The summed E-state index contributed by atoms with van der Waals surface area (Å²) in [6, 6.07) is 12.5. The van der Waals surface area contributed by atoms with Crippen molar-refractivity contribution in [2.75, 3.05) is 11.9 Å². The van der Waals surface area contributed by atoms with Crippen molar-refractivity contribution in [1.29, 1.82) is 5.26 Å². The minimum Gasteiger partial charge on any atom is -0.370 e. The summed E-state index contributed by atoms with van der Waals surface area (Å²) < 4.78 is 27.2. The van der Waals surface area contributed by atoms with Crippen molar-refractivity contribution in [3.63, 3.8) is 0 Å². The third-order valence-corrected chi connectivity index (χ3v) is 6.80. The SMILES string of the molecule is CN(c1c(C#N)cnc2c1ccn2S(=O)(=O)c1ccccc1)C1CC(N)C1. The van der Waals surface area contributed by atoms with Gasteiger partial charge in [-0.3, -0.25) is 0 Å². The summed E-state index contributed by atoms with van der Waals surface area (Å²) in [5.41, 5.74) is 7.33. The summed E-state index contributed by atoms with van der Waals surface area (Å²) in [4.78, 5) is 6.48. The summed E-state index contributed by atoms with van der Waals surface area (Å²) in [6.07, 6.45) is 4.61. The number of fused-ring (bicyclic) bond motifs is 1. The first-order chi connectivity index (χ1) is 12.9. The molecule has 0 atom stereocenters. The minimum atomic E-state index is -3.77. The Bertz CT molecular complexity index is 1140. The van der Waals surface area contributed by atoms with Gasteiger partial charge in [0, 0.05) is 36.9 Å². The first-order valence-electron chi connectivity index (χ1n) is 8.62. The van der Waals surface area contributed by atoms with Gasteiger partial charge >= 0.3 is 0 Å². The van der Waals surface area contributed by atoms with E-state index in [1.807, 2.05) is 11.9 Å². The highest BCUT2D eigenvalue weighted by atomic mass is 32.2. The zero-order chi connectivity index (χ0) is 19.2. The Morgan fingerprint density at radius 2 is 1.96 bits per heavy atom. The number of rotatable bonds is 4. The van der Waals surface area contributed by atoms with E-state index in [-0.39, 0.29) is 17.0 Å². The van der Waals surface area contributed by atoms with Crippen molar-refractivity contribution >= 4 is 26.7 Å². The topological polar surface area (TPSA) is 105 Å². The summed E-state index contributed by atoms with van der Waals surface area (Å²) in [5.74, 6) is 0. The van der Waals surface area contributed by atoms with E-state index in [1.165, 1.54) is 16.4 Å². The highest BCUT2D eigenvalue weighted by Gasteiger charge is 2.32. The summed E-state index contributed by atoms with van der Waals surface area (Å²) in [7, 11) is -1.86. The van der Waals surface area contributed by atoms with Gasteiger partial charge in [0.25, 0.3) is 10.0 Å². The zero-order valence-electron chi connectivity index (χ0n) is 14.8. The standard InChI is InChI=1S/C19H19N5O2S/c1-23(15-9-14(21)10-15)18-13(11-20)12-22-19-17(18)7-8-24(19)27(25,26)16-5-3-2-4-6-16/h2-8,12,14-15H,9-10,21H2,1H3. The van der Waals surface area contributed by atoms with Crippen LogP contribution in [0.5, 0.6) is 0 Å². The number of hydrogen-bond acceptors (Lipinski definition) is 6. The van der Waals surface area contributed by atoms with Crippen LogP contribution in [0.15, 0.2) is 53.7 Å². The van der Waals surface area contributed by atoms with Crippen LogP contribution in [0.25, 0.3) is 11.0 Å². The van der Waals surface area contributed by atoms with Gasteiger partial charge in [0.15, 0.2) is 5.65 Å².